The van der Waals surface area contributed by atoms with Gasteiger partial charge in [0, 0.05) is 25.0 Å². The summed E-state index contributed by atoms with van der Waals surface area (Å²) in [4.78, 5) is 28.1. The maximum atomic E-state index is 12.3. The summed E-state index contributed by atoms with van der Waals surface area (Å²) in [6, 6.07) is 1.25. The van der Waals surface area contributed by atoms with Crippen LogP contribution in [0, 0.1) is 6.92 Å². The average molecular weight is 292 g/mol. The first-order valence-corrected chi connectivity index (χ1v) is 7.28. The quantitative estimate of drug-likeness (QED) is 0.710. The molecule has 1 heterocycles. The smallest absolute Gasteiger partial charge is 0.255 e. The van der Waals surface area contributed by atoms with Gasteiger partial charge in [0.15, 0.2) is 0 Å². The van der Waals surface area contributed by atoms with Crippen LogP contribution in [0.5, 0.6) is 0 Å². The number of carbonyl (C=O) groups excluding carboxylic acids is 2. The van der Waals surface area contributed by atoms with Gasteiger partial charge in [0.2, 0.25) is 5.91 Å². The molecule has 0 aliphatic rings. The Kier molecular flexibility index (Phi) is 6.65. The van der Waals surface area contributed by atoms with Gasteiger partial charge in [0.1, 0.15) is 6.04 Å². The van der Waals surface area contributed by atoms with Crippen molar-refractivity contribution in [1.29, 1.82) is 0 Å². The Morgan fingerprint density at radius 2 is 2.05 bits per heavy atom. The molecule has 0 bridgehead atoms. The number of aromatic nitrogens is 1. The lowest BCUT2D eigenvalue weighted by Gasteiger charge is -2.16. The van der Waals surface area contributed by atoms with Crippen LogP contribution in [0.2, 0.25) is 0 Å². The molecule has 0 aromatic carbocycles. The summed E-state index contributed by atoms with van der Waals surface area (Å²) in [6.07, 6.45) is 2.49. The van der Waals surface area contributed by atoms with E-state index in [1.165, 1.54) is 6.20 Å². The molecule has 1 aromatic rings. The van der Waals surface area contributed by atoms with Crippen LogP contribution in [-0.2, 0) is 4.79 Å². The molecule has 0 aliphatic heterocycles. The molecule has 1 aromatic heterocycles. The molecule has 116 valence electrons. The second-order valence-electron chi connectivity index (χ2n) is 4.89. The van der Waals surface area contributed by atoms with E-state index in [1.54, 1.807) is 6.92 Å². The Morgan fingerprint density at radius 1 is 1.33 bits per heavy atom. The number of hydrogen-bond donors (Lipinski definition) is 3. The molecule has 1 atom stereocenters. The number of rotatable bonds is 7. The van der Waals surface area contributed by atoms with E-state index in [1.807, 2.05) is 19.9 Å². The highest BCUT2D eigenvalue weighted by atomic mass is 16.2. The fourth-order valence-electron chi connectivity index (χ4n) is 1.81. The molecule has 6 heteroatoms. The van der Waals surface area contributed by atoms with E-state index in [2.05, 4.69) is 27.9 Å². The van der Waals surface area contributed by atoms with E-state index in [0.29, 0.717) is 12.1 Å². The highest BCUT2D eigenvalue weighted by molar-refractivity contribution is 6.01. The molecule has 0 spiro atoms. The van der Waals surface area contributed by atoms with E-state index < -0.39 is 6.04 Å². The van der Waals surface area contributed by atoms with Gasteiger partial charge in [-0.25, -0.2) is 0 Å². The highest BCUT2D eigenvalue weighted by Gasteiger charge is 2.18. The van der Waals surface area contributed by atoms with Gasteiger partial charge in [-0.1, -0.05) is 6.92 Å². The van der Waals surface area contributed by atoms with Gasteiger partial charge in [0.05, 0.1) is 11.3 Å². The number of aryl methyl sites for hydroxylation is 1. The molecule has 1 rings (SSSR count). The number of anilines is 1. The van der Waals surface area contributed by atoms with Crippen molar-refractivity contribution < 1.29 is 9.59 Å². The van der Waals surface area contributed by atoms with Gasteiger partial charge in [-0.3, -0.25) is 14.6 Å². The second-order valence-corrected chi connectivity index (χ2v) is 4.89. The van der Waals surface area contributed by atoms with Gasteiger partial charge in [-0.15, -0.1) is 0 Å². The Bertz CT molecular complexity index is 502. The summed E-state index contributed by atoms with van der Waals surface area (Å²) in [7, 11) is 0. The van der Waals surface area contributed by atoms with Crippen LogP contribution in [0.1, 0.15) is 43.2 Å². The largest absolute Gasteiger partial charge is 0.384 e. The third-order valence-electron chi connectivity index (χ3n) is 2.94. The molecule has 0 saturated carbocycles. The van der Waals surface area contributed by atoms with E-state index in [9.17, 15) is 9.59 Å². The van der Waals surface area contributed by atoms with Crippen LogP contribution in [0.3, 0.4) is 0 Å². The zero-order valence-electron chi connectivity index (χ0n) is 13.1. The van der Waals surface area contributed by atoms with Crippen molar-refractivity contribution in [3.8, 4) is 0 Å². The van der Waals surface area contributed by atoms with E-state index >= 15 is 0 Å². The molecule has 0 aliphatic carbocycles. The first-order valence-electron chi connectivity index (χ1n) is 7.28. The minimum absolute atomic E-state index is 0.200. The molecule has 21 heavy (non-hydrogen) atoms. The minimum Gasteiger partial charge on any atom is -0.384 e. The van der Waals surface area contributed by atoms with Crippen molar-refractivity contribution in [3.05, 3.63) is 23.5 Å². The number of likely N-dealkylation sites (N-methyl/N-ethyl adjacent to an activating group) is 1. The molecule has 3 N–H and O–H groups in total. The fourth-order valence-corrected chi connectivity index (χ4v) is 1.81. The van der Waals surface area contributed by atoms with Crippen LogP contribution in [0.25, 0.3) is 0 Å². The number of hydrogen-bond acceptors (Lipinski definition) is 4. The standard InChI is InChI=1S/C15H24N4O2/c1-5-7-17-13-8-10(3)18-9-12(13)15(21)19-11(4)14(20)16-6-2/h8-9,11H,5-7H2,1-4H3,(H,16,20)(H,17,18)(H,19,21). The maximum Gasteiger partial charge on any atom is 0.255 e. The number of amides is 2. The molecular formula is C15H24N4O2. The van der Waals surface area contributed by atoms with Crippen LogP contribution >= 0.6 is 0 Å². The lowest BCUT2D eigenvalue weighted by molar-refractivity contribution is -0.122. The normalized spacial score (nSPS) is 11.6. The predicted molar refractivity (Wildman–Crippen MR) is 83.4 cm³/mol. The average Bonchev–Trinajstić information content (AvgIpc) is 2.45. The summed E-state index contributed by atoms with van der Waals surface area (Å²) >= 11 is 0. The lowest BCUT2D eigenvalue weighted by atomic mass is 10.1. The van der Waals surface area contributed by atoms with E-state index in [-0.39, 0.29) is 11.8 Å². The van der Waals surface area contributed by atoms with Gasteiger partial charge >= 0.3 is 0 Å². The monoisotopic (exact) mass is 292 g/mol. The zero-order valence-corrected chi connectivity index (χ0v) is 13.1. The summed E-state index contributed by atoms with van der Waals surface area (Å²) < 4.78 is 0. The Labute approximate surface area is 125 Å². The number of nitrogens with zero attached hydrogens (tertiary/aromatic N) is 1. The third kappa shape index (κ3) is 5.06. The molecule has 0 fully saturated rings. The Morgan fingerprint density at radius 3 is 2.67 bits per heavy atom. The second kappa shape index (κ2) is 8.24. The molecular weight excluding hydrogens is 268 g/mol. The number of pyridine rings is 1. The highest BCUT2D eigenvalue weighted by Crippen LogP contribution is 2.16. The van der Waals surface area contributed by atoms with Gasteiger partial charge in [-0.2, -0.15) is 0 Å². The molecule has 6 nitrogen and oxygen atoms in total. The van der Waals surface area contributed by atoms with E-state index in [0.717, 1.165) is 24.3 Å². The summed E-state index contributed by atoms with van der Waals surface area (Å²) in [5, 5.41) is 8.57. The third-order valence-corrected chi connectivity index (χ3v) is 2.94. The summed E-state index contributed by atoms with van der Waals surface area (Å²) in [5.74, 6) is -0.506. The molecule has 0 saturated heterocycles. The first kappa shape index (κ1) is 16.9. The van der Waals surface area contributed by atoms with Crippen LogP contribution in [0.4, 0.5) is 5.69 Å². The molecule has 0 radical (unpaired) electrons. The van der Waals surface area contributed by atoms with Crippen molar-refractivity contribution in [2.45, 2.75) is 40.2 Å². The van der Waals surface area contributed by atoms with Crippen molar-refractivity contribution >= 4 is 17.5 Å². The van der Waals surface area contributed by atoms with Crippen LogP contribution in [-0.4, -0.2) is 35.9 Å². The maximum absolute atomic E-state index is 12.3. The summed E-state index contributed by atoms with van der Waals surface area (Å²) in [5.41, 5.74) is 2.03. The molecule has 1 unspecified atom stereocenters. The van der Waals surface area contributed by atoms with Gasteiger partial charge in [0.25, 0.3) is 5.91 Å². The minimum atomic E-state index is -0.585. The van der Waals surface area contributed by atoms with Crippen LogP contribution < -0.4 is 16.0 Å². The van der Waals surface area contributed by atoms with Gasteiger partial charge < -0.3 is 16.0 Å². The van der Waals surface area contributed by atoms with Crippen molar-refractivity contribution in [1.82, 2.24) is 15.6 Å². The lowest BCUT2D eigenvalue weighted by Crippen LogP contribution is -2.44. The first-order chi connectivity index (χ1) is 9.99. The van der Waals surface area contributed by atoms with Crippen molar-refractivity contribution in [3.63, 3.8) is 0 Å². The zero-order chi connectivity index (χ0) is 15.8. The Hall–Kier alpha value is -2.11. The fraction of sp³-hybridized carbons (Fsp3) is 0.533. The van der Waals surface area contributed by atoms with Crippen molar-refractivity contribution in [2.24, 2.45) is 0 Å². The topological polar surface area (TPSA) is 83.1 Å². The molecule has 2 amide bonds. The van der Waals surface area contributed by atoms with Gasteiger partial charge in [-0.05, 0) is 33.3 Å². The van der Waals surface area contributed by atoms with E-state index in [4.69, 9.17) is 0 Å². The predicted octanol–water partition coefficient (Wildman–Crippen LogP) is 1.47. The number of nitrogens with one attached hydrogen (secondary N) is 3. The van der Waals surface area contributed by atoms with Crippen LogP contribution in [0.15, 0.2) is 12.3 Å². The van der Waals surface area contributed by atoms with Crippen molar-refractivity contribution in [2.75, 3.05) is 18.4 Å². The SMILES string of the molecule is CCCNc1cc(C)ncc1C(=O)NC(C)C(=O)NCC. The number of carbonyl (C=O) groups is 2. The summed E-state index contributed by atoms with van der Waals surface area (Å²) in [6.45, 7) is 8.73. The Balaban J connectivity index is 2.83.